The van der Waals surface area contributed by atoms with Gasteiger partial charge in [0.15, 0.2) is 22.4 Å². The maximum atomic E-state index is 15.7. The van der Waals surface area contributed by atoms with E-state index in [9.17, 15) is 4.79 Å². The van der Waals surface area contributed by atoms with E-state index in [1.807, 2.05) is 60.1 Å². The van der Waals surface area contributed by atoms with Gasteiger partial charge in [-0.3, -0.25) is 9.78 Å². The number of thiazole rings is 1. The lowest BCUT2D eigenvalue weighted by molar-refractivity contribution is -0.131. The summed E-state index contributed by atoms with van der Waals surface area (Å²) in [5, 5.41) is 7.53. The van der Waals surface area contributed by atoms with Crippen molar-refractivity contribution in [3.8, 4) is 11.5 Å². The summed E-state index contributed by atoms with van der Waals surface area (Å²) >= 11 is 4.57. The molecule has 214 valence electrons. The molecule has 7 nitrogen and oxygen atoms in total. The Morgan fingerprint density at radius 3 is 2.63 bits per heavy atom. The van der Waals surface area contributed by atoms with E-state index in [2.05, 4.69) is 20.3 Å². The molecule has 0 saturated carbocycles. The van der Waals surface area contributed by atoms with Crippen LogP contribution in [0, 0.1) is 0 Å². The molecular weight excluding hydrogens is 624 g/mol. The number of benzene rings is 1. The van der Waals surface area contributed by atoms with Gasteiger partial charge in [-0.1, -0.05) is 30.0 Å². The van der Waals surface area contributed by atoms with Crippen LogP contribution in [0.5, 0.6) is 11.5 Å². The van der Waals surface area contributed by atoms with Gasteiger partial charge >= 0.3 is 0 Å². The lowest BCUT2D eigenvalue weighted by atomic mass is 9.90. The van der Waals surface area contributed by atoms with E-state index in [0.717, 1.165) is 20.0 Å². The number of nitrogens with one attached hydrogen (secondary N) is 1. The first-order valence-corrected chi connectivity index (χ1v) is 14.9. The highest BCUT2D eigenvalue weighted by Gasteiger charge is 2.39. The van der Waals surface area contributed by atoms with Crippen LogP contribution in [0.4, 0.5) is 15.3 Å². The number of alkyl halides is 1. The van der Waals surface area contributed by atoms with Gasteiger partial charge in [0, 0.05) is 66.5 Å². The number of piperidine rings is 1. The maximum absolute atomic E-state index is 15.7. The zero-order chi connectivity index (χ0) is 26.8. The van der Waals surface area contributed by atoms with E-state index in [4.69, 9.17) is 4.74 Å². The Labute approximate surface area is 261 Å². The van der Waals surface area contributed by atoms with Crippen molar-refractivity contribution in [2.75, 3.05) is 18.4 Å². The molecule has 1 N–H and O–H groups in total. The Morgan fingerprint density at radius 1 is 1.10 bits per heavy atom. The lowest BCUT2D eigenvalue weighted by Gasteiger charge is -2.34. The van der Waals surface area contributed by atoms with Gasteiger partial charge in [0.2, 0.25) is 5.91 Å². The van der Waals surface area contributed by atoms with Crippen LogP contribution in [0.2, 0.25) is 0 Å². The predicted molar refractivity (Wildman–Crippen MR) is 169 cm³/mol. The summed E-state index contributed by atoms with van der Waals surface area (Å²) in [6.45, 7) is 2.29. The molecule has 13 heteroatoms. The molecule has 1 aromatic carbocycles. The molecule has 0 atom stereocenters. The van der Waals surface area contributed by atoms with Gasteiger partial charge in [0.25, 0.3) is 0 Å². The number of hydrogen-bond acceptors (Lipinski definition) is 9. The fourth-order valence-corrected chi connectivity index (χ4v) is 7.07. The number of carbonyl (C=O) groups excluding carboxylic acids is 1. The third-order valence-electron chi connectivity index (χ3n) is 6.52. The normalized spacial score (nSPS) is 14.1. The average molecular weight is 651 g/mol. The van der Waals surface area contributed by atoms with E-state index < -0.39 is 5.67 Å². The highest BCUT2D eigenvalue weighted by molar-refractivity contribution is 7.99. The van der Waals surface area contributed by atoms with Crippen LogP contribution in [0.25, 0.3) is 10.2 Å². The number of thiophene rings is 1. The number of rotatable bonds is 7. The van der Waals surface area contributed by atoms with Gasteiger partial charge in [-0.25, -0.2) is 14.4 Å². The fourth-order valence-electron chi connectivity index (χ4n) is 4.40. The fraction of sp³-hybridized carbons (Fsp3) is 0.214. The topological polar surface area (TPSA) is 80.2 Å². The minimum absolute atomic E-state index is 0. The van der Waals surface area contributed by atoms with Crippen LogP contribution in [-0.2, 0) is 10.5 Å². The van der Waals surface area contributed by atoms with Gasteiger partial charge < -0.3 is 15.0 Å². The summed E-state index contributed by atoms with van der Waals surface area (Å²) in [6, 6.07) is 15.4. The molecule has 0 spiro atoms. The monoisotopic (exact) mass is 649 g/mol. The van der Waals surface area contributed by atoms with Crippen molar-refractivity contribution in [1.29, 1.82) is 0 Å². The van der Waals surface area contributed by atoms with Gasteiger partial charge in [-0.15, -0.1) is 47.5 Å². The summed E-state index contributed by atoms with van der Waals surface area (Å²) in [6.07, 6.45) is 4.06. The van der Waals surface area contributed by atoms with Crippen molar-refractivity contribution in [2.24, 2.45) is 0 Å². The van der Waals surface area contributed by atoms with E-state index >= 15 is 4.39 Å². The van der Waals surface area contributed by atoms with Crippen molar-refractivity contribution in [2.45, 2.75) is 35.2 Å². The second-order valence-electron chi connectivity index (χ2n) is 9.11. The molecule has 4 aromatic heterocycles. The number of halogens is 3. The molecule has 0 unspecified atom stereocenters. The van der Waals surface area contributed by atoms with E-state index in [0.29, 0.717) is 41.2 Å². The van der Waals surface area contributed by atoms with Crippen molar-refractivity contribution in [3.05, 3.63) is 77.4 Å². The number of amides is 1. The Bertz CT molecular complexity index is 1630. The number of pyridine rings is 2. The second kappa shape index (κ2) is 13.3. The summed E-state index contributed by atoms with van der Waals surface area (Å²) < 4.78 is 23.1. The third kappa shape index (κ3) is 6.92. The second-order valence-corrected chi connectivity index (χ2v) is 12.0. The molecule has 0 aliphatic carbocycles. The minimum Gasteiger partial charge on any atom is -0.453 e. The zero-order valence-corrected chi connectivity index (χ0v) is 25.9. The highest BCUT2D eigenvalue weighted by Crippen LogP contribution is 2.41. The van der Waals surface area contributed by atoms with Gasteiger partial charge in [0.05, 0.1) is 15.9 Å². The lowest BCUT2D eigenvalue weighted by Crippen LogP contribution is -2.42. The number of nitrogens with zero attached hydrogens (tertiary/aromatic N) is 4. The van der Waals surface area contributed by atoms with Crippen molar-refractivity contribution >= 4 is 86.3 Å². The first-order chi connectivity index (χ1) is 19.0. The summed E-state index contributed by atoms with van der Waals surface area (Å²) in [4.78, 5) is 29.0. The van der Waals surface area contributed by atoms with Crippen molar-refractivity contribution in [3.63, 3.8) is 0 Å². The Balaban J connectivity index is 0.00000194. The average Bonchev–Trinajstić information content (AvgIpc) is 3.62. The number of carbonyl (C=O) groups is 1. The van der Waals surface area contributed by atoms with Crippen LogP contribution in [0.15, 0.2) is 81.5 Å². The number of anilines is 2. The molecule has 1 aliphatic heterocycles. The summed E-state index contributed by atoms with van der Waals surface area (Å²) in [5.74, 6) is 1.66. The molecule has 0 bridgehead atoms. The Hall–Kier alpha value is -2.96. The molecule has 5 aromatic rings. The van der Waals surface area contributed by atoms with Crippen LogP contribution in [-0.4, -0.2) is 38.8 Å². The summed E-state index contributed by atoms with van der Waals surface area (Å²) in [5.41, 5.74) is -0.208. The Morgan fingerprint density at radius 2 is 1.88 bits per heavy atom. The van der Waals surface area contributed by atoms with Crippen LogP contribution >= 0.6 is 59.2 Å². The van der Waals surface area contributed by atoms with E-state index in [1.54, 1.807) is 39.6 Å². The first kappa shape index (κ1) is 31.0. The largest absolute Gasteiger partial charge is 0.453 e. The quantitative estimate of drug-likeness (QED) is 0.189. The van der Waals surface area contributed by atoms with Gasteiger partial charge in [0.1, 0.15) is 5.75 Å². The van der Waals surface area contributed by atoms with Gasteiger partial charge in [-0.05, 0) is 29.6 Å². The summed E-state index contributed by atoms with van der Waals surface area (Å²) in [7, 11) is 0. The molecule has 1 amide bonds. The van der Waals surface area contributed by atoms with Gasteiger partial charge in [-0.2, -0.15) is 0 Å². The molecule has 6 rings (SSSR count). The molecule has 0 radical (unpaired) electrons. The standard InChI is InChI=1S/C28H24FN5O2S3.2ClH/c1-18(35)34-12-9-28(29,10-13-34)24-17-38-27(32-24)33-26-22(36-19-5-3-2-4-6-19)15-20(16-31-26)39-23-7-11-30-21-8-14-37-25(21)23;;/h2-8,11,14-17H,9-10,12-13H2,1H3,(H,31,32,33);2*1H. The maximum Gasteiger partial charge on any atom is 0.219 e. The molecule has 41 heavy (non-hydrogen) atoms. The number of ether oxygens (including phenoxy) is 1. The molecule has 1 aliphatic rings. The van der Waals surface area contributed by atoms with Crippen molar-refractivity contribution in [1.82, 2.24) is 19.9 Å². The minimum atomic E-state index is -1.56. The van der Waals surface area contributed by atoms with Crippen molar-refractivity contribution < 1.29 is 13.9 Å². The first-order valence-electron chi connectivity index (χ1n) is 12.4. The van der Waals surface area contributed by atoms with E-state index in [-0.39, 0.29) is 43.6 Å². The molecule has 1 saturated heterocycles. The smallest absolute Gasteiger partial charge is 0.219 e. The number of para-hydroxylation sites is 1. The number of fused-ring (bicyclic) bond motifs is 1. The SMILES string of the molecule is CC(=O)N1CCC(F)(c2csc(Nc3ncc(Sc4ccnc5ccsc45)cc3Oc3ccccc3)n2)CC1.Cl.Cl. The molecule has 1 fully saturated rings. The third-order valence-corrected chi connectivity index (χ3v) is 9.37. The van der Waals surface area contributed by atoms with Crippen LogP contribution in [0.1, 0.15) is 25.5 Å². The Kier molecular flexibility index (Phi) is 10.1. The van der Waals surface area contributed by atoms with E-state index in [1.165, 1.54) is 18.3 Å². The molecular formula is C28H26Cl2FN5O2S3. The number of likely N-dealkylation sites (tertiary alicyclic amines) is 1. The number of hydrogen-bond donors (Lipinski definition) is 1. The van der Waals surface area contributed by atoms with Crippen LogP contribution < -0.4 is 10.1 Å². The number of aromatic nitrogens is 3. The predicted octanol–water partition coefficient (Wildman–Crippen LogP) is 8.49. The zero-order valence-electron chi connectivity index (χ0n) is 21.8. The highest BCUT2D eigenvalue weighted by atomic mass is 35.5. The molecule has 5 heterocycles. The van der Waals surface area contributed by atoms with Crippen LogP contribution in [0.3, 0.4) is 0 Å².